The van der Waals surface area contributed by atoms with Gasteiger partial charge in [-0.2, -0.15) is 5.26 Å². The van der Waals surface area contributed by atoms with E-state index in [4.69, 9.17) is 10.00 Å². The molecule has 0 aliphatic carbocycles. The molecule has 5 nitrogen and oxygen atoms in total. The highest BCUT2D eigenvalue weighted by molar-refractivity contribution is 9.10. The molecule has 0 atom stereocenters. The van der Waals surface area contributed by atoms with Crippen LogP contribution in [0.5, 0.6) is 0 Å². The molecule has 1 aromatic rings. The number of sulfonamides is 1. The molecule has 0 aliphatic rings. The minimum atomic E-state index is -3.49. The van der Waals surface area contributed by atoms with E-state index in [0.717, 1.165) is 4.47 Å². The van der Waals surface area contributed by atoms with Crippen molar-refractivity contribution >= 4 is 31.6 Å². The van der Waals surface area contributed by atoms with Gasteiger partial charge < -0.3 is 4.74 Å². The molecule has 0 unspecified atom stereocenters. The number of rotatable bonds is 6. The Kier molecular flexibility index (Phi) is 5.59. The third-order valence-corrected chi connectivity index (χ3v) is 3.80. The van der Waals surface area contributed by atoms with Gasteiger partial charge in [0.2, 0.25) is 10.0 Å². The van der Waals surface area contributed by atoms with Crippen molar-refractivity contribution in [2.24, 2.45) is 0 Å². The third-order valence-electron chi connectivity index (χ3n) is 2.07. The van der Waals surface area contributed by atoms with Crippen molar-refractivity contribution < 1.29 is 13.2 Å². The minimum absolute atomic E-state index is 0.129. The van der Waals surface area contributed by atoms with Crippen LogP contribution < -0.4 is 4.72 Å². The zero-order chi connectivity index (χ0) is 13.6. The molecule has 0 radical (unpaired) electrons. The van der Waals surface area contributed by atoms with E-state index in [9.17, 15) is 8.42 Å². The molecule has 98 valence electrons. The number of ether oxygens (including phenoxy) is 1. The molecule has 0 aliphatic heterocycles. The maximum Gasteiger partial charge on any atom is 0.235 e. The molecule has 1 rings (SSSR count). The fourth-order valence-corrected chi connectivity index (χ4v) is 2.54. The molecule has 0 aromatic heterocycles. The number of nitrogens with one attached hydrogen (secondary N) is 1. The van der Waals surface area contributed by atoms with Crippen LogP contribution in [0.4, 0.5) is 5.69 Å². The number of nitrogens with zero attached hydrogens (tertiary/aromatic N) is 1. The minimum Gasteiger partial charge on any atom is -0.381 e. The van der Waals surface area contributed by atoms with Crippen molar-refractivity contribution in [3.63, 3.8) is 0 Å². The third kappa shape index (κ3) is 4.64. The second-order valence-corrected chi connectivity index (χ2v) is 6.18. The highest BCUT2D eigenvalue weighted by Crippen LogP contribution is 2.21. The Bertz CT molecular complexity index is 552. The second-order valence-electron chi connectivity index (χ2n) is 3.42. The summed E-state index contributed by atoms with van der Waals surface area (Å²) in [5.41, 5.74) is 0.543. The van der Waals surface area contributed by atoms with Gasteiger partial charge in [-0.3, -0.25) is 4.72 Å². The normalized spacial score (nSPS) is 10.9. The van der Waals surface area contributed by atoms with Crippen molar-refractivity contribution in [2.45, 2.75) is 6.92 Å². The summed E-state index contributed by atoms with van der Waals surface area (Å²) in [4.78, 5) is 0. The summed E-state index contributed by atoms with van der Waals surface area (Å²) in [5.74, 6) is -0.137. The van der Waals surface area contributed by atoms with Gasteiger partial charge in [-0.1, -0.05) is 15.9 Å². The first-order valence-corrected chi connectivity index (χ1v) is 7.71. The predicted octanol–water partition coefficient (Wildman–Crippen LogP) is 2.10. The Morgan fingerprint density at radius 1 is 1.50 bits per heavy atom. The lowest BCUT2D eigenvalue weighted by atomic mass is 10.2. The first kappa shape index (κ1) is 15.0. The number of halogens is 1. The van der Waals surface area contributed by atoms with E-state index < -0.39 is 10.0 Å². The summed E-state index contributed by atoms with van der Waals surface area (Å²) in [6.07, 6.45) is 0. The maximum absolute atomic E-state index is 11.7. The lowest BCUT2D eigenvalue weighted by molar-refractivity contribution is 0.163. The molecule has 0 fully saturated rings. The van der Waals surface area contributed by atoms with Gasteiger partial charge in [0.1, 0.15) is 6.07 Å². The summed E-state index contributed by atoms with van der Waals surface area (Å²) in [7, 11) is -3.49. The molecule has 0 saturated heterocycles. The van der Waals surface area contributed by atoms with Crippen LogP contribution in [0.25, 0.3) is 0 Å². The summed E-state index contributed by atoms with van der Waals surface area (Å²) in [5, 5.41) is 8.92. The number of anilines is 1. The summed E-state index contributed by atoms with van der Waals surface area (Å²) in [6.45, 7) is 2.39. The smallest absolute Gasteiger partial charge is 0.235 e. The van der Waals surface area contributed by atoms with Crippen molar-refractivity contribution in [1.29, 1.82) is 5.26 Å². The zero-order valence-corrected chi connectivity index (χ0v) is 12.2. The SMILES string of the molecule is CCOCCS(=O)(=O)Nc1ccc(Br)cc1C#N. The fourth-order valence-electron chi connectivity index (χ4n) is 1.23. The van der Waals surface area contributed by atoms with E-state index in [1.165, 1.54) is 0 Å². The van der Waals surface area contributed by atoms with E-state index in [1.807, 2.05) is 6.07 Å². The summed E-state index contributed by atoms with van der Waals surface area (Å²) >= 11 is 3.22. The van der Waals surface area contributed by atoms with E-state index in [0.29, 0.717) is 6.61 Å². The van der Waals surface area contributed by atoms with Gasteiger partial charge in [-0.15, -0.1) is 0 Å². The Labute approximate surface area is 115 Å². The van der Waals surface area contributed by atoms with Gasteiger partial charge in [-0.25, -0.2) is 8.42 Å². The number of hydrogen-bond acceptors (Lipinski definition) is 4. The van der Waals surface area contributed by atoms with Crippen LogP contribution in [0.2, 0.25) is 0 Å². The zero-order valence-electron chi connectivity index (χ0n) is 9.81. The van der Waals surface area contributed by atoms with Crippen molar-refractivity contribution in [1.82, 2.24) is 0 Å². The molecule has 0 amide bonds. The molecule has 0 spiro atoms. The van der Waals surface area contributed by atoms with Crippen LogP contribution >= 0.6 is 15.9 Å². The van der Waals surface area contributed by atoms with Gasteiger partial charge in [-0.05, 0) is 25.1 Å². The van der Waals surface area contributed by atoms with Crippen LogP contribution in [0.3, 0.4) is 0 Å². The molecule has 1 aromatic carbocycles. The highest BCUT2D eigenvalue weighted by atomic mass is 79.9. The molecule has 0 heterocycles. The van der Waals surface area contributed by atoms with Gasteiger partial charge in [0.25, 0.3) is 0 Å². The molecular weight excluding hydrogens is 320 g/mol. The van der Waals surface area contributed by atoms with Crippen LogP contribution in [0.1, 0.15) is 12.5 Å². The lowest BCUT2D eigenvalue weighted by Gasteiger charge is -2.09. The number of nitriles is 1. The largest absolute Gasteiger partial charge is 0.381 e. The van der Waals surface area contributed by atoms with Crippen molar-refractivity contribution in [3.8, 4) is 6.07 Å². The van der Waals surface area contributed by atoms with Gasteiger partial charge in [0.15, 0.2) is 0 Å². The first-order valence-electron chi connectivity index (χ1n) is 5.26. The summed E-state index contributed by atoms with van der Waals surface area (Å²) < 4.78 is 31.5. The molecule has 0 saturated carbocycles. The number of hydrogen-bond donors (Lipinski definition) is 1. The Hall–Kier alpha value is -1.10. The standard InChI is InChI=1S/C11H13BrN2O3S/c1-2-17-5-6-18(15,16)14-11-4-3-10(12)7-9(11)8-13/h3-4,7,14H,2,5-6H2,1H3. The molecule has 1 N–H and O–H groups in total. The van der Waals surface area contributed by atoms with Crippen LogP contribution in [0, 0.1) is 11.3 Å². The molecular formula is C11H13BrN2O3S. The van der Waals surface area contributed by atoms with Crippen molar-refractivity contribution in [3.05, 3.63) is 28.2 Å². The van der Waals surface area contributed by atoms with Crippen LogP contribution in [0.15, 0.2) is 22.7 Å². The Morgan fingerprint density at radius 3 is 2.83 bits per heavy atom. The first-order chi connectivity index (χ1) is 8.48. The Morgan fingerprint density at radius 2 is 2.22 bits per heavy atom. The average Bonchev–Trinajstić information content (AvgIpc) is 2.31. The van der Waals surface area contributed by atoms with Gasteiger partial charge >= 0.3 is 0 Å². The quantitative estimate of drug-likeness (QED) is 0.809. The number of benzene rings is 1. The topological polar surface area (TPSA) is 79.2 Å². The Balaban J connectivity index is 2.81. The van der Waals surface area contributed by atoms with E-state index >= 15 is 0 Å². The van der Waals surface area contributed by atoms with Gasteiger partial charge in [0.05, 0.1) is 23.6 Å². The lowest BCUT2D eigenvalue weighted by Crippen LogP contribution is -2.20. The van der Waals surface area contributed by atoms with Crippen LogP contribution in [-0.4, -0.2) is 27.4 Å². The average molecular weight is 333 g/mol. The predicted molar refractivity (Wildman–Crippen MR) is 72.8 cm³/mol. The summed E-state index contributed by atoms with van der Waals surface area (Å²) in [6, 6.07) is 6.70. The van der Waals surface area contributed by atoms with E-state index in [1.54, 1.807) is 25.1 Å². The van der Waals surface area contributed by atoms with Crippen molar-refractivity contribution in [2.75, 3.05) is 23.7 Å². The second kappa shape index (κ2) is 6.73. The molecule has 18 heavy (non-hydrogen) atoms. The highest BCUT2D eigenvalue weighted by Gasteiger charge is 2.13. The fraction of sp³-hybridized carbons (Fsp3) is 0.364. The van der Waals surface area contributed by atoms with E-state index in [-0.39, 0.29) is 23.6 Å². The van der Waals surface area contributed by atoms with E-state index in [2.05, 4.69) is 20.7 Å². The van der Waals surface area contributed by atoms with Crippen LogP contribution in [-0.2, 0) is 14.8 Å². The monoisotopic (exact) mass is 332 g/mol. The van der Waals surface area contributed by atoms with Gasteiger partial charge in [0, 0.05) is 11.1 Å². The molecule has 7 heteroatoms. The molecule has 0 bridgehead atoms. The maximum atomic E-state index is 11.7.